The number of rotatable bonds is 5. The first-order valence-corrected chi connectivity index (χ1v) is 4.91. The molecule has 0 atom stereocenters. The van der Waals surface area contributed by atoms with Crippen LogP contribution in [-0.4, -0.2) is 41.1 Å². The van der Waals surface area contributed by atoms with Crippen LogP contribution in [0.1, 0.15) is 26.2 Å². The molecule has 0 heterocycles. The van der Waals surface area contributed by atoms with E-state index in [1.165, 1.54) is 0 Å². The zero-order chi connectivity index (χ0) is 10.6. The highest BCUT2D eigenvalue weighted by atomic mass is 16.4. The molecular formula is C9H16N2O3. The monoisotopic (exact) mass is 200 g/mol. The van der Waals surface area contributed by atoms with Gasteiger partial charge in [-0.2, -0.15) is 0 Å². The standard InChI is InChI=1S/C9H16N2O3/c1-2-11(7-3-4-7)9(14)10-6-5-8(12)13/h7H,2-6H2,1H3,(H,10,14)(H,12,13). The van der Waals surface area contributed by atoms with Crippen molar-refractivity contribution in [2.75, 3.05) is 13.1 Å². The van der Waals surface area contributed by atoms with Gasteiger partial charge >= 0.3 is 12.0 Å². The van der Waals surface area contributed by atoms with Crippen molar-refractivity contribution in [2.45, 2.75) is 32.2 Å². The maximum absolute atomic E-state index is 11.5. The number of nitrogens with one attached hydrogen (secondary N) is 1. The number of urea groups is 1. The van der Waals surface area contributed by atoms with Crippen LogP contribution in [0.5, 0.6) is 0 Å². The third-order valence-electron chi connectivity index (χ3n) is 2.20. The number of carbonyl (C=O) groups is 2. The second kappa shape index (κ2) is 4.83. The minimum atomic E-state index is -0.889. The molecule has 2 N–H and O–H groups in total. The van der Waals surface area contributed by atoms with Crippen molar-refractivity contribution in [3.05, 3.63) is 0 Å². The molecule has 1 fully saturated rings. The van der Waals surface area contributed by atoms with Crippen LogP contribution in [0.25, 0.3) is 0 Å². The quantitative estimate of drug-likeness (QED) is 0.684. The number of carboxylic acid groups (broad SMARTS) is 1. The first-order valence-electron chi connectivity index (χ1n) is 4.91. The van der Waals surface area contributed by atoms with Gasteiger partial charge in [-0.25, -0.2) is 4.79 Å². The van der Waals surface area contributed by atoms with Crippen molar-refractivity contribution < 1.29 is 14.7 Å². The van der Waals surface area contributed by atoms with Crippen molar-refractivity contribution >= 4 is 12.0 Å². The van der Waals surface area contributed by atoms with Crippen molar-refractivity contribution in [1.29, 1.82) is 0 Å². The third-order valence-corrected chi connectivity index (χ3v) is 2.20. The molecule has 0 aromatic carbocycles. The lowest BCUT2D eigenvalue weighted by atomic mass is 10.4. The van der Waals surface area contributed by atoms with E-state index in [1.54, 1.807) is 4.90 Å². The summed E-state index contributed by atoms with van der Waals surface area (Å²) in [5.41, 5.74) is 0. The summed E-state index contributed by atoms with van der Waals surface area (Å²) in [6.45, 7) is 2.82. The molecule has 2 amide bonds. The van der Waals surface area contributed by atoms with E-state index < -0.39 is 5.97 Å². The van der Waals surface area contributed by atoms with E-state index in [4.69, 9.17) is 5.11 Å². The summed E-state index contributed by atoms with van der Waals surface area (Å²) in [4.78, 5) is 23.4. The van der Waals surface area contributed by atoms with E-state index in [-0.39, 0.29) is 19.0 Å². The summed E-state index contributed by atoms with van der Waals surface area (Å²) >= 11 is 0. The zero-order valence-electron chi connectivity index (χ0n) is 8.32. The summed E-state index contributed by atoms with van der Waals surface area (Å²) in [5, 5.41) is 11.0. The Labute approximate surface area is 83.1 Å². The highest BCUT2D eigenvalue weighted by Crippen LogP contribution is 2.26. The highest BCUT2D eigenvalue weighted by Gasteiger charge is 2.31. The van der Waals surface area contributed by atoms with E-state index in [1.807, 2.05) is 6.92 Å². The summed E-state index contributed by atoms with van der Waals surface area (Å²) in [7, 11) is 0. The maximum atomic E-state index is 11.5. The van der Waals surface area contributed by atoms with E-state index in [2.05, 4.69) is 5.32 Å². The summed E-state index contributed by atoms with van der Waals surface area (Å²) in [6, 6.07) is 0.237. The second-order valence-electron chi connectivity index (χ2n) is 3.39. The maximum Gasteiger partial charge on any atom is 0.317 e. The number of amides is 2. The molecule has 0 aliphatic heterocycles. The molecule has 0 bridgehead atoms. The number of aliphatic carboxylic acids is 1. The molecular weight excluding hydrogens is 184 g/mol. The molecule has 0 aromatic rings. The van der Waals surface area contributed by atoms with Crippen LogP contribution >= 0.6 is 0 Å². The molecule has 80 valence electrons. The minimum absolute atomic E-state index is 0.0199. The molecule has 14 heavy (non-hydrogen) atoms. The fraction of sp³-hybridized carbons (Fsp3) is 0.778. The van der Waals surface area contributed by atoms with E-state index in [0.29, 0.717) is 12.6 Å². The number of nitrogens with zero attached hydrogens (tertiary/aromatic N) is 1. The summed E-state index contributed by atoms with van der Waals surface area (Å²) in [6.07, 6.45) is 2.12. The Balaban J connectivity index is 2.21. The van der Waals surface area contributed by atoms with Crippen LogP contribution in [0, 0.1) is 0 Å². The Bertz CT molecular complexity index is 226. The second-order valence-corrected chi connectivity index (χ2v) is 3.39. The van der Waals surface area contributed by atoms with E-state index in [0.717, 1.165) is 12.8 Å². The Morgan fingerprint density at radius 3 is 2.57 bits per heavy atom. The van der Waals surface area contributed by atoms with Crippen molar-refractivity contribution in [3.8, 4) is 0 Å². The predicted molar refractivity (Wildman–Crippen MR) is 51.1 cm³/mol. The van der Waals surface area contributed by atoms with E-state index >= 15 is 0 Å². The van der Waals surface area contributed by atoms with Gasteiger partial charge in [0.2, 0.25) is 0 Å². The number of hydrogen-bond donors (Lipinski definition) is 2. The molecule has 0 unspecified atom stereocenters. The first kappa shape index (κ1) is 10.8. The van der Waals surface area contributed by atoms with Crippen molar-refractivity contribution in [2.24, 2.45) is 0 Å². The number of carboxylic acids is 1. The lowest BCUT2D eigenvalue weighted by molar-refractivity contribution is -0.136. The van der Waals surface area contributed by atoms with Gasteiger partial charge in [-0.15, -0.1) is 0 Å². The summed E-state index contributed by atoms with van der Waals surface area (Å²) < 4.78 is 0. The Kier molecular flexibility index (Phi) is 3.73. The molecule has 1 aliphatic carbocycles. The lowest BCUT2D eigenvalue weighted by Gasteiger charge is -2.20. The predicted octanol–water partition coefficient (Wildman–Crippen LogP) is 0.655. The lowest BCUT2D eigenvalue weighted by Crippen LogP contribution is -2.41. The fourth-order valence-electron chi connectivity index (χ4n) is 1.33. The van der Waals surface area contributed by atoms with Crippen LogP contribution in [0.4, 0.5) is 4.79 Å². The Morgan fingerprint density at radius 2 is 2.14 bits per heavy atom. The van der Waals surface area contributed by atoms with Crippen LogP contribution in [-0.2, 0) is 4.79 Å². The molecule has 5 heteroatoms. The number of hydrogen-bond acceptors (Lipinski definition) is 2. The molecule has 1 rings (SSSR count). The Morgan fingerprint density at radius 1 is 1.50 bits per heavy atom. The molecule has 5 nitrogen and oxygen atoms in total. The molecule has 1 saturated carbocycles. The third kappa shape index (κ3) is 3.24. The largest absolute Gasteiger partial charge is 0.481 e. The SMILES string of the molecule is CCN(C(=O)NCCC(=O)O)C1CC1. The molecule has 0 aromatic heterocycles. The summed E-state index contributed by atoms with van der Waals surface area (Å²) in [5.74, 6) is -0.889. The van der Waals surface area contributed by atoms with Crippen LogP contribution in [0.2, 0.25) is 0 Å². The van der Waals surface area contributed by atoms with Gasteiger partial charge in [-0.3, -0.25) is 4.79 Å². The molecule has 0 saturated heterocycles. The smallest absolute Gasteiger partial charge is 0.317 e. The molecule has 1 aliphatic rings. The van der Waals surface area contributed by atoms with Crippen LogP contribution in [0.15, 0.2) is 0 Å². The van der Waals surface area contributed by atoms with Gasteiger partial charge in [0, 0.05) is 19.1 Å². The van der Waals surface area contributed by atoms with Gasteiger partial charge in [-0.05, 0) is 19.8 Å². The van der Waals surface area contributed by atoms with Crippen LogP contribution in [0.3, 0.4) is 0 Å². The van der Waals surface area contributed by atoms with Crippen molar-refractivity contribution in [1.82, 2.24) is 10.2 Å². The van der Waals surface area contributed by atoms with Gasteiger partial charge in [0.1, 0.15) is 0 Å². The van der Waals surface area contributed by atoms with Crippen LogP contribution < -0.4 is 5.32 Å². The first-order chi connectivity index (χ1) is 6.65. The van der Waals surface area contributed by atoms with Gasteiger partial charge in [0.25, 0.3) is 0 Å². The van der Waals surface area contributed by atoms with Gasteiger partial charge in [0.15, 0.2) is 0 Å². The Hall–Kier alpha value is -1.26. The molecule has 0 spiro atoms. The van der Waals surface area contributed by atoms with Gasteiger partial charge in [0.05, 0.1) is 6.42 Å². The minimum Gasteiger partial charge on any atom is -0.481 e. The average Bonchev–Trinajstić information content (AvgIpc) is 2.89. The van der Waals surface area contributed by atoms with Gasteiger partial charge < -0.3 is 15.3 Å². The fourth-order valence-corrected chi connectivity index (χ4v) is 1.33. The average molecular weight is 200 g/mol. The normalized spacial score (nSPS) is 14.9. The zero-order valence-corrected chi connectivity index (χ0v) is 8.32. The highest BCUT2D eigenvalue weighted by molar-refractivity contribution is 5.75. The van der Waals surface area contributed by atoms with Gasteiger partial charge in [-0.1, -0.05) is 0 Å². The van der Waals surface area contributed by atoms with Crippen molar-refractivity contribution in [3.63, 3.8) is 0 Å². The number of carbonyl (C=O) groups excluding carboxylic acids is 1. The molecule has 0 radical (unpaired) electrons. The topological polar surface area (TPSA) is 69.6 Å². The van der Waals surface area contributed by atoms with E-state index in [9.17, 15) is 9.59 Å².